The first-order valence-electron chi connectivity index (χ1n) is 14.8. The monoisotopic (exact) mass is 664 g/mol. The van der Waals surface area contributed by atoms with Gasteiger partial charge in [-0.2, -0.15) is 4.31 Å². The summed E-state index contributed by atoms with van der Waals surface area (Å²) in [7, 11) is -2.73. The Morgan fingerprint density at radius 3 is 1.96 bits per heavy atom. The van der Waals surface area contributed by atoms with Crippen molar-refractivity contribution in [2.75, 3.05) is 18.5 Å². The first kappa shape index (κ1) is 33.6. The Kier molecular flexibility index (Phi) is 9.74. The van der Waals surface area contributed by atoms with E-state index in [0.717, 1.165) is 27.1 Å². The van der Waals surface area contributed by atoms with Crippen molar-refractivity contribution in [3.63, 3.8) is 0 Å². The number of aromatic carboxylic acids is 2. The van der Waals surface area contributed by atoms with E-state index in [1.165, 1.54) is 36.2 Å². The fourth-order valence-electron chi connectivity index (χ4n) is 5.30. The summed E-state index contributed by atoms with van der Waals surface area (Å²) in [6.45, 7) is 1.23. The minimum Gasteiger partial charge on any atom is -0.507 e. The number of likely N-dealkylation sites (N-methyl/N-ethyl adjacent to an activating group) is 1. The lowest BCUT2D eigenvalue weighted by Crippen LogP contribution is -2.41. The molecule has 1 amide bonds. The van der Waals surface area contributed by atoms with Gasteiger partial charge in [0, 0.05) is 24.4 Å². The van der Waals surface area contributed by atoms with Gasteiger partial charge in [-0.3, -0.25) is 4.79 Å². The van der Waals surface area contributed by atoms with E-state index in [1.54, 1.807) is 48.5 Å². The molecule has 0 unspecified atom stereocenters. The van der Waals surface area contributed by atoms with E-state index in [2.05, 4.69) is 0 Å². The molecule has 3 N–H and O–H groups in total. The van der Waals surface area contributed by atoms with Crippen molar-refractivity contribution >= 4 is 33.6 Å². The molecule has 0 aromatic heterocycles. The lowest BCUT2D eigenvalue weighted by atomic mass is 9.90. The number of carbonyl (C=O) groups excluding carboxylic acids is 1. The first-order chi connectivity index (χ1) is 22.9. The third-order valence-electron chi connectivity index (χ3n) is 7.87. The average molecular weight is 665 g/mol. The van der Waals surface area contributed by atoms with Crippen LogP contribution in [0.1, 0.15) is 31.8 Å². The Morgan fingerprint density at radius 1 is 0.708 bits per heavy atom. The largest absolute Gasteiger partial charge is 0.507 e. The Morgan fingerprint density at radius 2 is 1.35 bits per heavy atom. The molecule has 0 fully saturated rings. The molecule has 0 bridgehead atoms. The zero-order valence-corrected chi connectivity index (χ0v) is 26.9. The molecule has 0 saturated heterocycles. The van der Waals surface area contributed by atoms with Crippen LogP contribution < -0.4 is 4.90 Å². The second kappa shape index (κ2) is 13.9. The number of carbonyl (C=O) groups is 3. The molecule has 5 rings (SSSR count). The van der Waals surface area contributed by atoms with Crippen molar-refractivity contribution in [3.8, 4) is 28.0 Å². The summed E-state index contributed by atoms with van der Waals surface area (Å²) < 4.78 is 27.4. The number of hydrogen-bond acceptors (Lipinski definition) is 6. The molecule has 0 saturated carbocycles. The van der Waals surface area contributed by atoms with Crippen molar-refractivity contribution in [2.45, 2.75) is 18.4 Å². The van der Waals surface area contributed by atoms with Gasteiger partial charge in [-0.15, -0.1) is 0 Å². The summed E-state index contributed by atoms with van der Waals surface area (Å²) in [5.41, 5.74) is 4.18. The molecule has 10 nitrogen and oxygen atoms in total. The Hall–Kier alpha value is -5.78. The maximum atomic E-state index is 13.8. The summed E-state index contributed by atoms with van der Waals surface area (Å²) >= 11 is 0. The number of rotatable bonds is 11. The number of amides is 1. The number of aromatic hydroxyl groups is 1. The molecule has 0 radical (unpaired) electrons. The molecule has 0 atom stereocenters. The minimum atomic E-state index is -4.02. The van der Waals surface area contributed by atoms with Crippen LogP contribution in [0.25, 0.3) is 22.3 Å². The van der Waals surface area contributed by atoms with Crippen molar-refractivity contribution < 1.29 is 38.1 Å². The van der Waals surface area contributed by atoms with Crippen LogP contribution in [0, 0.1) is 6.92 Å². The van der Waals surface area contributed by atoms with Crippen LogP contribution in [-0.2, 0) is 21.4 Å². The van der Waals surface area contributed by atoms with E-state index >= 15 is 0 Å². The molecule has 0 aliphatic carbocycles. The molecule has 0 aliphatic rings. The van der Waals surface area contributed by atoms with Gasteiger partial charge in [-0.1, -0.05) is 84.4 Å². The molecule has 0 heterocycles. The summed E-state index contributed by atoms with van der Waals surface area (Å²) in [6.07, 6.45) is 0. The van der Waals surface area contributed by atoms with Crippen LogP contribution in [0.4, 0.5) is 5.69 Å². The smallest absolute Gasteiger partial charge is 0.339 e. The number of anilines is 1. The second-order valence-corrected chi connectivity index (χ2v) is 13.2. The van der Waals surface area contributed by atoms with Crippen LogP contribution in [-0.4, -0.2) is 59.5 Å². The number of hydrogen-bond donors (Lipinski definition) is 3. The van der Waals surface area contributed by atoms with Crippen LogP contribution >= 0.6 is 0 Å². The van der Waals surface area contributed by atoms with Gasteiger partial charge in [0.2, 0.25) is 15.9 Å². The van der Waals surface area contributed by atoms with Gasteiger partial charge in [-0.05, 0) is 59.5 Å². The van der Waals surface area contributed by atoms with Crippen molar-refractivity contribution in [1.29, 1.82) is 0 Å². The van der Waals surface area contributed by atoms with Gasteiger partial charge in [0.15, 0.2) is 0 Å². The molecular formula is C37H32N2O8S. The molecule has 48 heavy (non-hydrogen) atoms. The highest BCUT2D eigenvalue weighted by atomic mass is 32.2. The van der Waals surface area contributed by atoms with Gasteiger partial charge in [-0.25, -0.2) is 18.0 Å². The normalized spacial score (nSPS) is 11.3. The van der Waals surface area contributed by atoms with Crippen LogP contribution in [0.3, 0.4) is 0 Å². The maximum absolute atomic E-state index is 13.8. The lowest BCUT2D eigenvalue weighted by Gasteiger charge is -2.26. The number of sulfonamides is 1. The van der Waals surface area contributed by atoms with E-state index in [0.29, 0.717) is 16.7 Å². The highest BCUT2D eigenvalue weighted by Gasteiger charge is 2.27. The van der Waals surface area contributed by atoms with Gasteiger partial charge >= 0.3 is 11.9 Å². The number of phenols is 1. The first-order valence-corrected chi connectivity index (χ1v) is 16.2. The molecule has 5 aromatic rings. The van der Waals surface area contributed by atoms with E-state index in [4.69, 9.17) is 0 Å². The zero-order valence-electron chi connectivity index (χ0n) is 26.1. The topological polar surface area (TPSA) is 153 Å². The summed E-state index contributed by atoms with van der Waals surface area (Å²) in [6, 6.07) is 31.3. The number of carboxylic acids is 2. The number of aryl methyl sites for hydroxylation is 1. The molecule has 0 spiro atoms. The van der Waals surface area contributed by atoms with Crippen molar-refractivity contribution in [2.24, 2.45) is 0 Å². The molecular weight excluding hydrogens is 632 g/mol. The Balaban J connectivity index is 1.48. The van der Waals surface area contributed by atoms with E-state index in [1.807, 2.05) is 43.3 Å². The average Bonchev–Trinajstić information content (AvgIpc) is 3.07. The van der Waals surface area contributed by atoms with Gasteiger partial charge in [0.1, 0.15) is 11.3 Å². The highest BCUT2D eigenvalue weighted by Crippen LogP contribution is 2.35. The van der Waals surface area contributed by atoms with E-state index < -0.39 is 40.2 Å². The summed E-state index contributed by atoms with van der Waals surface area (Å²) in [5.74, 6) is -3.59. The zero-order chi connectivity index (χ0) is 34.6. The summed E-state index contributed by atoms with van der Waals surface area (Å²) in [5, 5.41) is 29.7. The van der Waals surface area contributed by atoms with Crippen LogP contribution in [0.2, 0.25) is 0 Å². The third-order valence-corrected chi connectivity index (χ3v) is 9.69. The van der Waals surface area contributed by atoms with Crippen LogP contribution in [0.5, 0.6) is 5.75 Å². The Bertz CT molecular complexity index is 2100. The number of benzene rings is 5. The predicted octanol–water partition coefficient (Wildman–Crippen LogP) is 6.28. The second-order valence-electron chi connectivity index (χ2n) is 11.2. The molecule has 11 heteroatoms. The highest BCUT2D eigenvalue weighted by molar-refractivity contribution is 7.89. The minimum absolute atomic E-state index is 0.0239. The van der Waals surface area contributed by atoms with E-state index in [-0.39, 0.29) is 28.3 Å². The Labute approximate surface area is 277 Å². The maximum Gasteiger partial charge on any atom is 0.339 e. The third kappa shape index (κ3) is 7.12. The quantitative estimate of drug-likeness (QED) is 0.149. The number of nitrogens with zero attached hydrogens (tertiary/aromatic N) is 2. The number of carboxylic acid groups (broad SMARTS) is 2. The van der Waals surface area contributed by atoms with Crippen molar-refractivity contribution in [3.05, 3.63) is 138 Å². The molecule has 0 aliphatic heterocycles. The SMILES string of the molecule is Cc1ccc(S(=O)(=O)N(C)CC(=O)N(Cc2ccc(-c3cccc(C(=O)O)c3-c3ccccc3)cc2)c2ccc(C(=O)O)c(O)c2)cc1. The molecule has 244 valence electrons. The van der Waals surface area contributed by atoms with Crippen LogP contribution in [0.15, 0.2) is 120 Å². The fourth-order valence-corrected chi connectivity index (χ4v) is 6.42. The lowest BCUT2D eigenvalue weighted by molar-refractivity contribution is -0.118. The van der Waals surface area contributed by atoms with Crippen molar-refractivity contribution in [1.82, 2.24) is 4.31 Å². The molecule has 5 aromatic carbocycles. The van der Waals surface area contributed by atoms with Gasteiger partial charge in [0.05, 0.1) is 23.5 Å². The van der Waals surface area contributed by atoms with Gasteiger partial charge < -0.3 is 20.2 Å². The van der Waals surface area contributed by atoms with E-state index in [9.17, 15) is 38.1 Å². The standard InChI is InChI=1S/C37H32N2O8S/c1-24-11-18-29(19-12-24)48(46,47)38(2)23-34(41)39(28-17-20-31(36(42)43)33(40)21-28)22-25-13-15-26(16-14-25)30-9-6-10-32(37(44)45)35(30)27-7-4-3-5-8-27/h3-21,40H,22-23H2,1-2H3,(H,42,43)(H,44,45). The predicted molar refractivity (Wildman–Crippen MR) is 182 cm³/mol. The summed E-state index contributed by atoms with van der Waals surface area (Å²) in [4.78, 5) is 38.7. The van der Waals surface area contributed by atoms with Gasteiger partial charge in [0.25, 0.3) is 0 Å². The fraction of sp³-hybridized carbons (Fsp3) is 0.108.